The first-order valence-corrected chi connectivity index (χ1v) is 13.3. The largest absolute Gasteiger partial charge is 0.496 e. The lowest BCUT2D eigenvalue weighted by Crippen LogP contribution is -2.37. The quantitative estimate of drug-likeness (QED) is 0.288. The highest BCUT2D eigenvalue weighted by Crippen LogP contribution is 2.28. The molecule has 8 heteroatoms. The number of ether oxygens (including phenoxy) is 2. The standard InChI is InChI=1S/C29H42N4O4/c1-29(2,3)37-28(35)24-9-7-8-22(27(24)36-4)15-17-33-26(34)20-21-11-13-23(14-12-21)30-18-19-32-25-10-5-6-16-31-25/h5-10,16,21,23,30H,11-15,17-20H2,1-4H3,(H,31,32)(H,33,34)/t21-,23-. The molecule has 8 nitrogen and oxygen atoms in total. The lowest BCUT2D eigenvalue weighted by molar-refractivity contribution is -0.122. The predicted octanol–water partition coefficient (Wildman–Crippen LogP) is 4.35. The highest BCUT2D eigenvalue weighted by atomic mass is 16.6. The van der Waals surface area contributed by atoms with Crippen LogP contribution in [0, 0.1) is 5.92 Å². The van der Waals surface area contributed by atoms with E-state index < -0.39 is 11.6 Å². The number of carbonyl (C=O) groups is 2. The first-order chi connectivity index (χ1) is 17.7. The van der Waals surface area contributed by atoms with Gasteiger partial charge in [-0.1, -0.05) is 18.2 Å². The minimum Gasteiger partial charge on any atom is -0.496 e. The van der Waals surface area contributed by atoms with Gasteiger partial charge >= 0.3 is 5.97 Å². The number of benzene rings is 1. The van der Waals surface area contributed by atoms with E-state index in [4.69, 9.17) is 9.47 Å². The number of amides is 1. The normalized spacial score (nSPS) is 17.6. The number of anilines is 1. The number of methoxy groups -OCH3 is 1. The maximum absolute atomic E-state index is 12.6. The zero-order valence-electron chi connectivity index (χ0n) is 22.6. The van der Waals surface area contributed by atoms with Crippen LogP contribution >= 0.6 is 0 Å². The summed E-state index contributed by atoms with van der Waals surface area (Å²) in [6, 6.07) is 11.8. The molecule has 0 saturated heterocycles. The SMILES string of the molecule is COc1c(CCNC(=O)C[C@H]2CC[C@H](NCCNc3ccccn3)CC2)cccc1C(=O)OC(C)(C)C. The van der Waals surface area contributed by atoms with Crippen LogP contribution in [0.2, 0.25) is 0 Å². The molecule has 3 N–H and O–H groups in total. The second-order valence-electron chi connectivity index (χ2n) is 10.6. The van der Waals surface area contributed by atoms with Gasteiger partial charge in [0.25, 0.3) is 0 Å². The van der Waals surface area contributed by atoms with E-state index in [1.807, 2.05) is 51.1 Å². The van der Waals surface area contributed by atoms with Gasteiger partial charge in [0.15, 0.2) is 0 Å². The lowest BCUT2D eigenvalue weighted by atomic mass is 9.84. The second kappa shape index (κ2) is 14.0. The molecule has 1 amide bonds. The Morgan fingerprint density at radius 1 is 1.00 bits per heavy atom. The van der Waals surface area contributed by atoms with E-state index in [1.165, 1.54) is 0 Å². The number of nitrogens with one attached hydrogen (secondary N) is 3. The predicted molar refractivity (Wildman–Crippen MR) is 146 cm³/mol. The van der Waals surface area contributed by atoms with Crippen molar-refractivity contribution in [3.8, 4) is 5.75 Å². The monoisotopic (exact) mass is 510 g/mol. The molecule has 0 spiro atoms. The number of rotatable bonds is 12. The van der Waals surface area contributed by atoms with Crippen LogP contribution in [0.25, 0.3) is 0 Å². The molecule has 0 aliphatic heterocycles. The van der Waals surface area contributed by atoms with Crippen molar-refractivity contribution in [3.05, 3.63) is 53.7 Å². The molecular formula is C29H42N4O4. The number of carbonyl (C=O) groups excluding carboxylic acids is 2. The highest BCUT2D eigenvalue weighted by molar-refractivity contribution is 5.93. The minimum absolute atomic E-state index is 0.0817. The Bertz CT molecular complexity index is 999. The molecule has 2 aromatic rings. The molecule has 202 valence electrons. The van der Waals surface area contributed by atoms with Crippen LogP contribution in [0.15, 0.2) is 42.6 Å². The van der Waals surface area contributed by atoms with Crippen LogP contribution in [0.4, 0.5) is 5.82 Å². The molecule has 0 atom stereocenters. The molecule has 37 heavy (non-hydrogen) atoms. The van der Waals surface area contributed by atoms with E-state index in [0.717, 1.165) is 50.2 Å². The third-order valence-electron chi connectivity index (χ3n) is 6.49. The van der Waals surface area contributed by atoms with Gasteiger partial charge in [-0.2, -0.15) is 0 Å². The number of hydrogen-bond donors (Lipinski definition) is 3. The smallest absolute Gasteiger partial charge is 0.342 e. The molecule has 0 bridgehead atoms. The van der Waals surface area contributed by atoms with Gasteiger partial charge in [-0.05, 0) is 82.6 Å². The summed E-state index contributed by atoms with van der Waals surface area (Å²) in [6.45, 7) is 7.73. The van der Waals surface area contributed by atoms with Crippen molar-refractivity contribution in [1.29, 1.82) is 0 Å². The average molecular weight is 511 g/mol. The highest BCUT2D eigenvalue weighted by Gasteiger charge is 2.24. The maximum atomic E-state index is 12.6. The Kier molecular flexibility index (Phi) is 10.7. The van der Waals surface area contributed by atoms with Crippen molar-refractivity contribution in [2.75, 3.05) is 32.1 Å². The Morgan fingerprint density at radius 3 is 2.46 bits per heavy atom. The van der Waals surface area contributed by atoms with Crippen molar-refractivity contribution in [1.82, 2.24) is 15.6 Å². The van der Waals surface area contributed by atoms with Gasteiger partial charge in [0.1, 0.15) is 22.7 Å². The van der Waals surface area contributed by atoms with Crippen molar-refractivity contribution < 1.29 is 19.1 Å². The van der Waals surface area contributed by atoms with E-state index in [1.54, 1.807) is 19.4 Å². The van der Waals surface area contributed by atoms with Crippen LogP contribution in [0.5, 0.6) is 5.75 Å². The van der Waals surface area contributed by atoms with Gasteiger partial charge in [0, 0.05) is 38.3 Å². The minimum atomic E-state index is -0.585. The number of para-hydroxylation sites is 1. The van der Waals surface area contributed by atoms with Crippen LogP contribution < -0.4 is 20.7 Å². The van der Waals surface area contributed by atoms with E-state index >= 15 is 0 Å². The third kappa shape index (κ3) is 9.69. The van der Waals surface area contributed by atoms with E-state index in [9.17, 15) is 9.59 Å². The summed E-state index contributed by atoms with van der Waals surface area (Å²) in [5.41, 5.74) is 0.688. The Morgan fingerprint density at radius 2 is 1.78 bits per heavy atom. The zero-order chi connectivity index (χ0) is 26.7. The number of pyridine rings is 1. The summed E-state index contributed by atoms with van der Waals surface area (Å²) >= 11 is 0. The third-order valence-corrected chi connectivity index (χ3v) is 6.49. The number of nitrogens with zero attached hydrogens (tertiary/aromatic N) is 1. The molecule has 1 heterocycles. The molecule has 1 aromatic carbocycles. The lowest BCUT2D eigenvalue weighted by Gasteiger charge is -2.29. The molecule has 3 rings (SSSR count). The molecule has 1 saturated carbocycles. The molecule has 0 radical (unpaired) electrons. The number of esters is 1. The van der Waals surface area contributed by atoms with Gasteiger partial charge in [-0.3, -0.25) is 4.79 Å². The van der Waals surface area contributed by atoms with Crippen molar-refractivity contribution in [2.45, 2.75) is 70.9 Å². The van der Waals surface area contributed by atoms with Gasteiger partial charge < -0.3 is 25.4 Å². The first kappa shape index (κ1) is 28.4. The van der Waals surface area contributed by atoms with Crippen molar-refractivity contribution in [2.24, 2.45) is 5.92 Å². The molecule has 1 aromatic heterocycles. The fourth-order valence-electron chi connectivity index (χ4n) is 4.69. The zero-order valence-corrected chi connectivity index (χ0v) is 22.6. The van der Waals surface area contributed by atoms with Crippen LogP contribution in [-0.2, 0) is 16.0 Å². The van der Waals surface area contributed by atoms with Gasteiger partial charge in [0.05, 0.1) is 7.11 Å². The fraction of sp³-hybridized carbons (Fsp3) is 0.552. The Labute approximate surface area is 220 Å². The van der Waals surface area contributed by atoms with E-state index in [2.05, 4.69) is 20.9 Å². The molecule has 1 aliphatic carbocycles. The average Bonchev–Trinajstić information content (AvgIpc) is 2.87. The molecule has 1 aliphatic rings. The Hall–Kier alpha value is -3.13. The molecule has 1 fully saturated rings. The summed E-state index contributed by atoms with van der Waals surface area (Å²) in [5, 5.41) is 9.98. The fourth-order valence-corrected chi connectivity index (χ4v) is 4.69. The van der Waals surface area contributed by atoms with Gasteiger partial charge in [0.2, 0.25) is 5.91 Å². The van der Waals surface area contributed by atoms with Gasteiger partial charge in [-0.25, -0.2) is 9.78 Å². The number of aromatic nitrogens is 1. The Balaban J connectivity index is 1.35. The van der Waals surface area contributed by atoms with Crippen molar-refractivity contribution in [3.63, 3.8) is 0 Å². The summed E-state index contributed by atoms with van der Waals surface area (Å²) in [7, 11) is 1.55. The summed E-state index contributed by atoms with van der Waals surface area (Å²) in [5.74, 6) is 1.50. The van der Waals surface area contributed by atoms with Crippen LogP contribution in [0.3, 0.4) is 0 Å². The topological polar surface area (TPSA) is 102 Å². The van der Waals surface area contributed by atoms with E-state index in [0.29, 0.717) is 42.7 Å². The summed E-state index contributed by atoms with van der Waals surface area (Å²) < 4.78 is 11.0. The van der Waals surface area contributed by atoms with Gasteiger partial charge in [-0.15, -0.1) is 0 Å². The summed E-state index contributed by atoms with van der Waals surface area (Å²) in [4.78, 5) is 29.4. The van der Waals surface area contributed by atoms with Crippen LogP contribution in [-0.4, -0.2) is 55.2 Å². The molecule has 0 unspecified atom stereocenters. The van der Waals surface area contributed by atoms with Crippen LogP contribution in [0.1, 0.15) is 68.8 Å². The number of hydrogen-bond acceptors (Lipinski definition) is 7. The summed E-state index contributed by atoms with van der Waals surface area (Å²) in [6.07, 6.45) is 7.23. The maximum Gasteiger partial charge on any atom is 0.342 e. The first-order valence-electron chi connectivity index (χ1n) is 13.3. The van der Waals surface area contributed by atoms with E-state index in [-0.39, 0.29) is 5.91 Å². The second-order valence-corrected chi connectivity index (χ2v) is 10.6. The molecular weight excluding hydrogens is 468 g/mol. The van der Waals surface area contributed by atoms with Crippen molar-refractivity contribution >= 4 is 17.7 Å².